The lowest BCUT2D eigenvalue weighted by Crippen LogP contribution is -2.22. The Kier molecular flexibility index (Phi) is 4.45. The van der Waals surface area contributed by atoms with Crippen molar-refractivity contribution in [2.75, 3.05) is 24.2 Å². The van der Waals surface area contributed by atoms with Crippen molar-refractivity contribution in [1.29, 1.82) is 0 Å². The monoisotopic (exact) mass is 250 g/mol. The summed E-state index contributed by atoms with van der Waals surface area (Å²) < 4.78 is 13.4. The van der Waals surface area contributed by atoms with Crippen molar-refractivity contribution in [3.8, 4) is 0 Å². The van der Waals surface area contributed by atoms with E-state index in [0.29, 0.717) is 0 Å². The molecule has 1 saturated carbocycles. The maximum Gasteiger partial charge on any atom is 0.148 e. The first-order valence-corrected chi connectivity index (χ1v) is 6.93. The normalized spacial score (nSPS) is 16.8. The highest BCUT2D eigenvalue weighted by Gasteiger charge is 2.14. The minimum absolute atomic E-state index is 0.222. The molecule has 0 amide bonds. The van der Waals surface area contributed by atoms with Gasteiger partial charge in [0.1, 0.15) is 5.82 Å². The van der Waals surface area contributed by atoms with E-state index in [0.717, 1.165) is 18.2 Å². The molecule has 0 radical (unpaired) electrons. The highest BCUT2D eigenvalue weighted by molar-refractivity contribution is 5.53. The summed E-state index contributed by atoms with van der Waals surface area (Å²) in [5.41, 5.74) is 6.62. The molecule has 0 aromatic heterocycles. The van der Waals surface area contributed by atoms with E-state index in [1.807, 2.05) is 13.1 Å². The second kappa shape index (κ2) is 6.07. The summed E-state index contributed by atoms with van der Waals surface area (Å²) in [5.74, 6) is 0.539. The fourth-order valence-corrected chi connectivity index (χ4v) is 2.73. The lowest BCUT2D eigenvalue weighted by Gasteiger charge is -2.25. The van der Waals surface area contributed by atoms with Crippen LogP contribution in [-0.4, -0.2) is 13.6 Å². The Labute approximate surface area is 109 Å². The molecule has 2 rings (SSSR count). The van der Waals surface area contributed by atoms with Gasteiger partial charge in [0.2, 0.25) is 0 Å². The maximum absolute atomic E-state index is 13.4. The molecule has 3 heteroatoms. The summed E-state index contributed by atoms with van der Waals surface area (Å²) in [6.45, 7) is 0.994. The summed E-state index contributed by atoms with van der Waals surface area (Å²) in [5, 5.41) is 0. The first-order chi connectivity index (χ1) is 8.66. The molecule has 0 aliphatic heterocycles. The molecular formula is C15H23FN2. The van der Waals surface area contributed by atoms with E-state index >= 15 is 0 Å². The van der Waals surface area contributed by atoms with Gasteiger partial charge in [-0.15, -0.1) is 0 Å². The zero-order valence-corrected chi connectivity index (χ0v) is 11.2. The second-order valence-electron chi connectivity index (χ2n) is 5.42. The molecule has 0 spiro atoms. The Morgan fingerprint density at radius 2 is 2.00 bits per heavy atom. The summed E-state index contributed by atoms with van der Waals surface area (Å²) in [6.07, 6.45) is 8.10. The number of nitrogens with zero attached hydrogens (tertiary/aromatic N) is 1. The highest BCUT2D eigenvalue weighted by Crippen LogP contribution is 2.27. The van der Waals surface area contributed by atoms with Crippen molar-refractivity contribution >= 4 is 11.4 Å². The number of nitrogen functional groups attached to an aromatic ring is 1. The Morgan fingerprint density at radius 1 is 1.28 bits per heavy atom. The zero-order valence-electron chi connectivity index (χ0n) is 11.2. The molecule has 0 saturated heterocycles. The average molecular weight is 250 g/mol. The molecule has 0 atom stereocenters. The summed E-state index contributed by atoms with van der Waals surface area (Å²) in [4.78, 5) is 2.12. The van der Waals surface area contributed by atoms with Crippen LogP contribution in [0, 0.1) is 11.7 Å². The molecule has 0 bridgehead atoms. The predicted molar refractivity (Wildman–Crippen MR) is 75.3 cm³/mol. The molecule has 1 aliphatic rings. The highest BCUT2D eigenvalue weighted by atomic mass is 19.1. The maximum atomic E-state index is 13.4. The number of halogens is 1. The summed E-state index contributed by atoms with van der Waals surface area (Å²) in [7, 11) is 2.02. The van der Waals surface area contributed by atoms with Crippen LogP contribution < -0.4 is 10.6 Å². The molecule has 1 aromatic carbocycles. The fraction of sp³-hybridized carbons (Fsp3) is 0.600. The van der Waals surface area contributed by atoms with E-state index in [4.69, 9.17) is 5.73 Å². The number of rotatable bonds is 4. The van der Waals surface area contributed by atoms with Crippen LogP contribution in [0.4, 0.5) is 15.8 Å². The van der Waals surface area contributed by atoms with Crippen molar-refractivity contribution in [1.82, 2.24) is 0 Å². The van der Waals surface area contributed by atoms with Gasteiger partial charge in [0.15, 0.2) is 0 Å². The predicted octanol–water partition coefficient (Wildman–Crippen LogP) is 3.81. The second-order valence-corrected chi connectivity index (χ2v) is 5.42. The first kappa shape index (κ1) is 13.2. The summed E-state index contributed by atoms with van der Waals surface area (Å²) in [6, 6.07) is 5.05. The quantitative estimate of drug-likeness (QED) is 0.823. The average Bonchev–Trinajstić information content (AvgIpc) is 2.40. The van der Waals surface area contributed by atoms with Gasteiger partial charge >= 0.3 is 0 Å². The van der Waals surface area contributed by atoms with E-state index in [1.165, 1.54) is 44.6 Å². The molecule has 0 heterocycles. The lowest BCUT2D eigenvalue weighted by molar-refractivity contribution is 0.341. The van der Waals surface area contributed by atoms with Gasteiger partial charge in [-0.3, -0.25) is 0 Å². The molecule has 1 fully saturated rings. The van der Waals surface area contributed by atoms with E-state index in [-0.39, 0.29) is 11.5 Å². The number of hydrogen-bond acceptors (Lipinski definition) is 2. The number of nitrogens with two attached hydrogens (primary N) is 1. The number of anilines is 2. The molecule has 0 unspecified atom stereocenters. The van der Waals surface area contributed by atoms with E-state index in [1.54, 1.807) is 6.07 Å². The van der Waals surface area contributed by atoms with Gasteiger partial charge in [0.05, 0.1) is 5.69 Å². The molecule has 2 N–H and O–H groups in total. The number of hydrogen-bond donors (Lipinski definition) is 1. The van der Waals surface area contributed by atoms with Crippen LogP contribution >= 0.6 is 0 Å². The standard InChI is InChI=1S/C15H23FN2/c1-18(10-9-12-5-3-2-4-6-12)13-7-8-15(17)14(16)11-13/h7-8,11-12H,2-6,9-10,17H2,1H3. The topological polar surface area (TPSA) is 29.3 Å². The van der Waals surface area contributed by atoms with Crippen LogP contribution in [0.15, 0.2) is 18.2 Å². The lowest BCUT2D eigenvalue weighted by atomic mass is 9.87. The fourth-order valence-electron chi connectivity index (χ4n) is 2.73. The van der Waals surface area contributed by atoms with Gasteiger partial charge in [-0.25, -0.2) is 4.39 Å². The van der Waals surface area contributed by atoms with Gasteiger partial charge in [0.25, 0.3) is 0 Å². The Morgan fingerprint density at radius 3 is 2.67 bits per heavy atom. The van der Waals surface area contributed by atoms with Crippen molar-refractivity contribution < 1.29 is 4.39 Å². The van der Waals surface area contributed by atoms with Crippen molar-refractivity contribution in [2.45, 2.75) is 38.5 Å². The third kappa shape index (κ3) is 3.37. The van der Waals surface area contributed by atoms with Crippen LogP contribution in [0.25, 0.3) is 0 Å². The minimum Gasteiger partial charge on any atom is -0.396 e. The Bertz CT molecular complexity index is 386. The van der Waals surface area contributed by atoms with Crippen molar-refractivity contribution in [3.05, 3.63) is 24.0 Å². The molecule has 1 aliphatic carbocycles. The SMILES string of the molecule is CN(CCC1CCCCC1)c1ccc(N)c(F)c1. The molecular weight excluding hydrogens is 227 g/mol. The Balaban J connectivity index is 1.86. The minimum atomic E-state index is -0.322. The van der Waals surface area contributed by atoms with E-state index in [9.17, 15) is 4.39 Å². The number of benzene rings is 1. The first-order valence-electron chi connectivity index (χ1n) is 6.93. The van der Waals surface area contributed by atoms with Gasteiger partial charge in [-0.05, 0) is 30.5 Å². The van der Waals surface area contributed by atoms with Crippen molar-refractivity contribution in [2.24, 2.45) is 5.92 Å². The van der Waals surface area contributed by atoms with E-state index < -0.39 is 0 Å². The van der Waals surface area contributed by atoms with Crippen LogP contribution in [0.3, 0.4) is 0 Å². The van der Waals surface area contributed by atoms with E-state index in [2.05, 4.69) is 4.90 Å². The molecule has 100 valence electrons. The molecule has 18 heavy (non-hydrogen) atoms. The molecule has 1 aromatic rings. The van der Waals surface area contributed by atoms with Crippen LogP contribution in [-0.2, 0) is 0 Å². The van der Waals surface area contributed by atoms with Crippen LogP contribution in [0.5, 0.6) is 0 Å². The molecule has 2 nitrogen and oxygen atoms in total. The van der Waals surface area contributed by atoms with Gasteiger partial charge in [0, 0.05) is 19.3 Å². The smallest absolute Gasteiger partial charge is 0.148 e. The van der Waals surface area contributed by atoms with Crippen molar-refractivity contribution in [3.63, 3.8) is 0 Å². The van der Waals surface area contributed by atoms with Crippen LogP contribution in [0.1, 0.15) is 38.5 Å². The van der Waals surface area contributed by atoms with Gasteiger partial charge in [-0.2, -0.15) is 0 Å². The summed E-state index contributed by atoms with van der Waals surface area (Å²) >= 11 is 0. The largest absolute Gasteiger partial charge is 0.396 e. The van der Waals surface area contributed by atoms with Gasteiger partial charge < -0.3 is 10.6 Å². The Hall–Kier alpha value is -1.25. The third-order valence-electron chi connectivity index (χ3n) is 4.02. The zero-order chi connectivity index (χ0) is 13.0. The third-order valence-corrected chi connectivity index (χ3v) is 4.02. The van der Waals surface area contributed by atoms with Crippen LogP contribution in [0.2, 0.25) is 0 Å². The van der Waals surface area contributed by atoms with Gasteiger partial charge in [-0.1, -0.05) is 32.1 Å².